The largest absolute Gasteiger partial charge is 0.297 e. The van der Waals surface area contributed by atoms with Crippen LogP contribution in [0, 0.1) is 0 Å². The smallest absolute Gasteiger partial charge is 0.258 e. The average Bonchev–Trinajstić information content (AvgIpc) is 3.09. The lowest BCUT2D eigenvalue weighted by molar-refractivity contribution is -0.120. The predicted molar refractivity (Wildman–Crippen MR) is 91.7 cm³/mol. The van der Waals surface area contributed by atoms with Crippen LogP contribution >= 0.6 is 34.5 Å². The summed E-state index contributed by atoms with van der Waals surface area (Å²) in [4.78, 5) is 18.7. The third kappa shape index (κ3) is 3.55. The quantitative estimate of drug-likeness (QED) is 0.637. The Labute approximate surface area is 151 Å². The summed E-state index contributed by atoms with van der Waals surface area (Å²) in [5.41, 5.74) is 2.66. The van der Waals surface area contributed by atoms with Crippen LogP contribution in [-0.2, 0) is 21.2 Å². The van der Waals surface area contributed by atoms with Crippen LogP contribution in [0.4, 0.5) is 0 Å². The number of carbonyl (C=O) groups is 1. The van der Waals surface area contributed by atoms with Crippen LogP contribution in [0.2, 0.25) is 10.0 Å². The number of benzene rings is 1. The third-order valence-electron chi connectivity index (χ3n) is 3.02. The van der Waals surface area contributed by atoms with Crippen LogP contribution in [0.15, 0.2) is 40.9 Å². The number of imidazole rings is 1. The van der Waals surface area contributed by atoms with Crippen LogP contribution in [-0.4, -0.2) is 23.7 Å². The van der Waals surface area contributed by atoms with Crippen molar-refractivity contribution in [3.63, 3.8) is 0 Å². The number of nitrogens with zero attached hydrogens (tertiary/aromatic N) is 2. The fourth-order valence-electron chi connectivity index (χ4n) is 1.94. The molecule has 3 rings (SSSR count). The fourth-order valence-corrected chi connectivity index (χ4v) is 4.28. The van der Waals surface area contributed by atoms with Gasteiger partial charge in [0.15, 0.2) is 4.96 Å². The second-order valence-electron chi connectivity index (χ2n) is 4.71. The van der Waals surface area contributed by atoms with E-state index in [0.29, 0.717) is 5.69 Å². The lowest BCUT2D eigenvalue weighted by atomic mass is 10.3. The average molecular weight is 405 g/mol. The number of hydrogen-bond donors (Lipinski definition) is 2. The zero-order chi connectivity index (χ0) is 17.3. The number of sulfonamides is 1. The highest BCUT2D eigenvalue weighted by molar-refractivity contribution is 7.89. The Bertz CT molecular complexity index is 985. The number of amides is 1. The molecule has 0 aliphatic carbocycles. The van der Waals surface area contributed by atoms with Crippen LogP contribution in [0.1, 0.15) is 5.69 Å². The Morgan fingerprint density at radius 1 is 1.33 bits per heavy atom. The highest BCUT2D eigenvalue weighted by atomic mass is 35.5. The van der Waals surface area contributed by atoms with E-state index in [1.165, 1.54) is 29.5 Å². The summed E-state index contributed by atoms with van der Waals surface area (Å²) >= 11 is 13.1. The summed E-state index contributed by atoms with van der Waals surface area (Å²) in [6.45, 7) is 0. The minimum Gasteiger partial charge on any atom is -0.297 e. The van der Waals surface area contributed by atoms with E-state index in [4.69, 9.17) is 23.2 Å². The van der Waals surface area contributed by atoms with Gasteiger partial charge in [0.25, 0.3) is 10.0 Å². The van der Waals surface area contributed by atoms with Crippen molar-refractivity contribution in [1.82, 2.24) is 19.6 Å². The molecule has 2 N–H and O–H groups in total. The van der Waals surface area contributed by atoms with Gasteiger partial charge in [-0.2, -0.15) is 0 Å². The molecule has 1 amide bonds. The van der Waals surface area contributed by atoms with Crippen molar-refractivity contribution in [1.29, 1.82) is 0 Å². The first-order chi connectivity index (χ1) is 11.4. The van der Waals surface area contributed by atoms with E-state index in [9.17, 15) is 13.2 Å². The molecular weight excluding hydrogens is 395 g/mol. The van der Waals surface area contributed by atoms with Crippen LogP contribution in [0.3, 0.4) is 0 Å². The molecule has 0 spiro atoms. The van der Waals surface area contributed by atoms with Gasteiger partial charge in [0.1, 0.15) is 4.90 Å². The summed E-state index contributed by atoms with van der Waals surface area (Å²) in [6, 6.07) is 4.19. The summed E-state index contributed by atoms with van der Waals surface area (Å²) in [6.07, 6.45) is 3.45. The van der Waals surface area contributed by atoms with Gasteiger partial charge in [-0.3, -0.25) is 14.6 Å². The van der Waals surface area contributed by atoms with E-state index in [1.807, 2.05) is 16.4 Å². The molecule has 24 heavy (non-hydrogen) atoms. The SMILES string of the molecule is O=C(Cc1cn2ccsc2n1)NNS(=O)(=O)c1cccc(Cl)c1Cl. The Hall–Kier alpha value is -1.65. The predicted octanol–water partition coefficient (Wildman–Crippen LogP) is 2.25. The normalized spacial score (nSPS) is 11.8. The highest BCUT2D eigenvalue weighted by Crippen LogP contribution is 2.28. The first kappa shape index (κ1) is 17.2. The van der Waals surface area contributed by atoms with E-state index in [-0.39, 0.29) is 21.4 Å². The van der Waals surface area contributed by atoms with Gasteiger partial charge in [-0.15, -0.1) is 16.2 Å². The van der Waals surface area contributed by atoms with Crippen molar-refractivity contribution >= 4 is 55.4 Å². The maximum Gasteiger partial charge on any atom is 0.258 e. The molecular formula is C13H10Cl2N4O3S2. The number of thiazole rings is 1. The van der Waals surface area contributed by atoms with E-state index >= 15 is 0 Å². The van der Waals surface area contributed by atoms with Crippen LogP contribution in [0.25, 0.3) is 4.96 Å². The van der Waals surface area contributed by atoms with Gasteiger partial charge in [0, 0.05) is 17.8 Å². The molecule has 3 aromatic rings. The van der Waals surface area contributed by atoms with E-state index in [0.717, 1.165) is 4.96 Å². The number of aromatic nitrogens is 2. The molecule has 0 saturated heterocycles. The molecule has 1 aromatic carbocycles. The Morgan fingerprint density at radius 3 is 2.88 bits per heavy atom. The number of hydrazine groups is 1. The van der Waals surface area contributed by atoms with Crippen molar-refractivity contribution < 1.29 is 13.2 Å². The van der Waals surface area contributed by atoms with Crippen LogP contribution in [0.5, 0.6) is 0 Å². The lowest BCUT2D eigenvalue weighted by Crippen LogP contribution is -2.42. The second-order valence-corrected chi connectivity index (χ2v) is 8.02. The number of carbonyl (C=O) groups excluding carboxylic acids is 1. The number of rotatable bonds is 5. The molecule has 7 nitrogen and oxygen atoms in total. The molecule has 11 heteroatoms. The third-order valence-corrected chi connectivity index (χ3v) is 6.01. The molecule has 126 valence electrons. The molecule has 2 heterocycles. The monoisotopic (exact) mass is 404 g/mol. The Kier molecular flexibility index (Phi) is 4.79. The maximum absolute atomic E-state index is 12.2. The van der Waals surface area contributed by atoms with Crippen molar-refractivity contribution in [2.45, 2.75) is 11.3 Å². The summed E-state index contributed by atoms with van der Waals surface area (Å²) < 4.78 is 26.1. The molecule has 0 atom stereocenters. The highest BCUT2D eigenvalue weighted by Gasteiger charge is 2.20. The van der Waals surface area contributed by atoms with E-state index < -0.39 is 15.9 Å². The second kappa shape index (κ2) is 6.69. The lowest BCUT2D eigenvalue weighted by Gasteiger charge is -2.09. The van der Waals surface area contributed by atoms with Crippen molar-refractivity contribution in [3.05, 3.63) is 51.7 Å². The number of nitrogens with one attached hydrogen (secondary N) is 2. The fraction of sp³-hybridized carbons (Fsp3) is 0.0769. The molecule has 0 unspecified atom stereocenters. The molecule has 0 aliphatic heterocycles. The van der Waals surface area contributed by atoms with Gasteiger partial charge in [-0.1, -0.05) is 29.3 Å². The molecule has 2 aromatic heterocycles. The van der Waals surface area contributed by atoms with Gasteiger partial charge in [-0.25, -0.2) is 13.4 Å². The maximum atomic E-state index is 12.2. The van der Waals surface area contributed by atoms with E-state index in [2.05, 4.69) is 10.4 Å². The van der Waals surface area contributed by atoms with Crippen LogP contribution < -0.4 is 10.3 Å². The van der Waals surface area contributed by atoms with Crippen molar-refractivity contribution in [2.24, 2.45) is 0 Å². The Balaban J connectivity index is 1.66. The van der Waals surface area contributed by atoms with Gasteiger partial charge >= 0.3 is 0 Å². The van der Waals surface area contributed by atoms with E-state index in [1.54, 1.807) is 10.6 Å². The minimum absolute atomic E-state index is 0.0692. The first-order valence-electron chi connectivity index (χ1n) is 6.52. The first-order valence-corrected chi connectivity index (χ1v) is 9.64. The number of hydrogen-bond acceptors (Lipinski definition) is 5. The van der Waals surface area contributed by atoms with Crippen molar-refractivity contribution in [2.75, 3.05) is 0 Å². The molecule has 0 fully saturated rings. The summed E-state index contributed by atoms with van der Waals surface area (Å²) in [5.74, 6) is -0.553. The van der Waals surface area contributed by atoms with Gasteiger partial charge in [-0.05, 0) is 12.1 Å². The number of fused-ring (bicyclic) bond motifs is 1. The minimum atomic E-state index is -4.04. The number of halogens is 2. The summed E-state index contributed by atoms with van der Waals surface area (Å²) in [7, 11) is -4.04. The molecule has 0 bridgehead atoms. The topological polar surface area (TPSA) is 92.6 Å². The zero-order valence-electron chi connectivity index (χ0n) is 11.9. The summed E-state index contributed by atoms with van der Waals surface area (Å²) in [5, 5.41) is 1.86. The Morgan fingerprint density at radius 2 is 2.12 bits per heavy atom. The van der Waals surface area contributed by atoms with Gasteiger partial charge in [0.05, 0.1) is 22.2 Å². The molecule has 0 aliphatic rings. The van der Waals surface area contributed by atoms with Gasteiger partial charge < -0.3 is 0 Å². The zero-order valence-corrected chi connectivity index (χ0v) is 15.0. The molecule has 0 radical (unpaired) electrons. The van der Waals surface area contributed by atoms with Crippen molar-refractivity contribution in [3.8, 4) is 0 Å². The standard InChI is InChI=1S/C13H10Cl2N4O3S2/c14-9-2-1-3-10(12(9)15)24(21,22)18-17-11(20)6-8-7-19-4-5-23-13(19)16-8/h1-5,7,18H,6H2,(H,17,20). The molecule has 0 saturated carbocycles. The van der Waals surface area contributed by atoms with Gasteiger partial charge in [0.2, 0.25) is 5.91 Å².